The number of hydrogen-bond donors (Lipinski definition) is 2. The van der Waals surface area contributed by atoms with Gasteiger partial charge in [-0.15, -0.1) is 0 Å². The van der Waals surface area contributed by atoms with Gasteiger partial charge in [-0.25, -0.2) is 9.69 Å². The van der Waals surface area contributed by atoms with E-state index in [1.54, 1.807) is 19.1 Å². The number of ether oxygens (including phenoxy) is 2. The third-order valence-corrected chi connectivity index (χ3v) is 7.58. The van der Waals surface area contributed by atoms with Crippen molar-refractivity contribution >= 4 is 87.0 Å². The normalized spacial score (nSPS) is 14.2. The fourth-order valence-electron chi connectivity index (χ4n) is 3.91. The average molecular weight is 708 g/mol. The first-order chi connectivity index (χ1) is 19.5. The van der Waals surface area contributed by atoms with Crippen LogP contribution in [0.25, 0.3) is 6.08 Å². The number of aryl methyl sites for hydroxylation is 2. The summed E-state index contributed by atoms with van der Waals surface area (Å²) in [5.74, 6) is -1.40. The van der Waals surface area contributed by atoms with Crippen molar-refractivity contribution in [3.8, 4) is 11.5 Å². The molecular formula is C29H24Cl2IN3O6. The van der Waals surface area contributed by atoms with Crippen LogP contribution < -0.4 is 25.0 Å². The molecule has 1 saturated heterocycles. The summed E-state index contributed by atoms with van der Waals surface area (Å²) >= 11 is 14.0. The van der Waals surface area contributed by atoms with Gasteiger partial charge in [0.05, 0.1) is 25.9 Å². The summed E-state index contributed by atoms with van der Waals surface area (Å²) in [6.07, 6.45) is 1.34. The van der Waals surface area contributed by atoms with Crippen LogP contribution in [0, 0.1) is 17.4 Å². The van der Waals surface area contributed by atoms with Gasteiger partial charge in [0.15, 0.2) is 18.1 Å². The number of barbiturate groups is 1. The maximum Gasteiger partial charge on any atom is 0.335 e. The van der Waals surface area contributed by atoms with Crippen LogP contribution in [0.1, 0.15) is 23.6 Å². The van der Waals surface area contributed by atoms with Gasteiger partial charge >= 0.3 is 6.03 Å². The van der Waals surface area contributed by atoms with Crippen LogP contribution in [0.5, 0.6) is 11.5 Å². The van der Waals surface area contributed by atoms with Gasteiger partial charge in [-0.1, -0.05) is 29.3 Å². The lowest BCUT2D eigenvalue weighted by molar-refractivity contribution is -0.122. The van der Waals surface area contributed by atoms with Gasteiger partial charge in [0.25, 0.3) is 17.7 Å². The average Bonchev–Trinajstić information content (AvgIpc) is 2.90. The topological polar surface area (TPSA) is 114 Å². The molecule has 1 fully saturated rings. The molecule has 0 radical (unpaired) electrons. The lowest BCUT2D eigenvalue weighted by Gasteiger charge is -2.26. The molecule has 1 aliphatic rings. The number of nitrogens with one attached hydrogen (secondary N) is 2. The van der Waals surface area contributed by atoms with E-state index in [2.05, 4.69) is 10.6 Å². The van der Waals surface area contributed by atoms with Crippen LogP contribution in [-0.4, -0.2) is 37.0 Å². The molecule has 4 rings (SSSR count). The van der Waals surface area contributed by atoms with Crippen molar-refractivity contribution in [2.75, 3.05) is 23.4 Å². The summed E-state index contributed by atoms with van der Waals surface area (Å²) < 4.78 is 12.1. The second-order valence-corrected chi connectivity index (χ2v) is 10.9. The molecule has 0 aliphatic carbocycles. The van der Waals surface area contributed by atoms with E-state index < -0.39 is 17.8 Å². The van der Waals surface area contributed by atoms with Crippen molar-refractivity contribution < 1.29 is 28.7 Å². The molecule has 0 atom stereocenters. The van der Waals surface area contributed by atoms with E-state index in [4.69, 9.17) is 32.7 Å². The molecule has 0 bridgehead atoms. The molecule has 212 valence electrons. The monoisotopic (exact) mass is 707 g/mol. The van der Waals surface area contributed by atoms with Crippen molar-refractivity contribution in [2.24, 2.45) is 0 Å². The lowest BCUT2D eigenvalue weighted by Crippen LogP contribution is -2.54. The van der Waals surface area contributed by atoms with Crippen LogP contribution in [0.3, 0.4) is 0 Å². The quantitative estimate of drug-likeness (QED) is 0.162. The highest BCUT2D eigenvalue weighted by Crippen LogP contribution is 2.36. The molecule has 1 heterocycles. The molecule has 3 aromatic carbocycles. The molecule has 0 unspecified atom stereocenters. The molecule has 2 N–H and O–H groups in total. The molecule has 9 nitrogen and oxygen atoms in total. The second kappa shape index (κ2) is 12.9. The van der Waals surface area contributed by atoms with Crippen molar-refractivity contribution in [2.45, 2.75) is 20.8 Å². The third-order valence-electron chi connectivity index (χ3n) is 6.04. The van der Waals surface area contributed by atoms with E-state index >= 15 is 0 Å². The van der Waals surface area contributed by atoms with E-state index in [0.717, 1.165) is 16.0 Å². The number of carbonyl (C=O) groups is 4. The Kier molecular flexibility index (Phi) is 9.57. The predicted octanol–water partition coefficient (Wildman–Crippen LogP) is 6.30. The van der Waals surface area contributed by atoms with Gasteiger partial charge in [-0.05, 0) is 109 Å². The molecule has 3 aromatic rings. The van der Waals surface area contributed by atoms with E-state index in [1.165, 1.54) is 24.3 Å². The van der Waals surface area contributed by atoms with Crippen molar-refractivity contribution in [1.82, 2.24) is 5.32 Å². The van der Waals surface area contributed by atoms with E-state index in [0.29, 0.717) is 32.9 Å². The second-order valence-electron chi connectivity index (χ2n) is 8.96. The number of halogens is 3. The highest BCUT2D eigenvalue weighted by molar-refractivity contribution is 14.1. The van der Waals surface area contributed by atoms with Crippen LogP contribution >= 0.6 is 45.8 Å². The van der Waals surface area contributed by atoms with E-state index in [1.807, 2.05) is 54.6 Å². The number of amides is 5. The first-order valence-electron chi connectivity index (χ1n) is 12.3. The summed E-state index contributed by atoms with van der Waals surface area (Å²) in [6.45, 7) is 5.75. The summed E-state index contributed by atoms with van der Waals surface area (Å²) in [7, 11) is 0. The molecule has 12 heteroatoms. The third kappa shape index (κ3) is 7.00. The van der Waals surface area contributed by atoms with Gasteiger partial charge in [0.2, 0.25) is 0 Å². The van der Waals surface area contributed by atoms with Crippen molar-refractivity contribution in [1.29, 1.82) is 0 Å². The lowest BCUT2D eigenvalue weighted by atomic mass is 10.1. The zero-order valence-corrected chi connectivity index (χ0v) is 25.8. The summed E-state index contributed by atoms with van der Waals surface area (Å²) in [5, 5.41) is 5.36. The van der Waals surface area contributed by atoms with E-state index in [9.17, 15) is 19.2 Å². The molecule has 41 heavy (non-hydrogen) atoms. The Balaban J connectivity index is 1.58. The number of nitrogens with zero attached hydrogens (tertiary/aromatic N) is 1. The molecular weight excluding hydrogens is 684 g/mol. The zero-order chi connectivity index (χ0) is 29.8. The fourth-order valence-corrected chi connectivity index (χ4v) is 4.98. The molecule has 5 amide bonds. The van der Waals surface area contributed by atoms with Crippen LogP contribution in [-0.2, 0) is 14.4 Å². The fraction of sp³-hybridized carbons (Fsp3) is 0.172. The minimum Gasteiger partial charge on any atom is -0.490 e. The number of imide groups is 2. The Bertz CT molecular complexity index is 1610. The summed E-state index contributed by atoms with van der Waals surface area (Å²) in [5.41, 5.74) is 3.13. The number of hydrogen-bond acceptors (Lipinski definition) is 6. The standard InChI is InChI=1S/C29H24Cl2IN3O6/c1-4-40-24-12-17(11-23(32)26(24)41-14-25(36)33-18-6-5-15(2)16(3)9-18)10-20-27(37)34-29(39)35(28(20)38)19-7-8-21(30)22(31)13-19/h5-13H,4,14H2,1-3H3,(H,33,36)(H,34,37,39)/b20-10-. The van der Waals surface area contributed by atoms with Crippen LogP contribution in [0.15, 0.2) is 54.1 Å². The van der Waals surface area contributed by atoms with Gasteiger partial charge < -0.3 is 14.8 Å². The first kappa shape index (κ1) is 30.4. The van der Waals surface area contributed by atoms with Crippen molar-refractivity contribution in [3.63, 3.8) is 0 Å². The molecule has 1 aliphatic heterocycles. The summed E-state index contributed by atoms with van der Waals surface area (Å²) in [4.78, 5) is 51.8. The smallest absolute Gasteiger partial charge is 0.335 e. The van der Waals surface area contributed by atoms with Gasteiger partial charge in [0, 0.05) is 5.69 Å². The number of urea groups is 1. The highest BCUT2D eigenvalue weighted by atomic mass is 127. The predicted molar refractivity (Wildman–Crippen MR) is 166 cm³/mol. The Labute approximate surface area is 259 Å². The molecule has 0 saturated carbocycles. The van der Waals surface area contributed by atoms with Gasteiger partial charge in [-0.2, -0.15) is 0 Å². The van der Waals surface area contributed by atoms with Crippen LogP contribution in [0.2, 0.25) is 10.0 Å². The number of benzene rings is 3. The molecule has 0 spiro atoms. The Morgan fingerprint density at radius 3 is 2.44 bits per heavy atom. The van der Waals surface area contributed by atoms with Crippen molar-refractivity contribution in [3.05, 3.63) is 84.4 Å². The largest absolute Gasteiger partial charge is 0.490 e. The maximum atomic E-state index is 13.3. The minimum absolute atomic E-state index is 0.140. The Hall–Kier alpha value is -3.61. The van der Waals surface area contributed by atoms with Gasteiger partial charge in [0.1, 0.15) is 5.57 Å². The minimum atomic E-state index is -0.914. The Morgan fingerprint density at radius 2 is 1.76 bits per heavy atom. The van der Waals surface area contributed by atoms with Crippen LogP contribution in [0.4, 0.5) is 16.2 Å². The number of carbonyl (C=O) groups excluding carboxylic acids is 4. The van der Waals surface area contributed by atoms with E-state index in [-0.39, 0.29) is 33.8 Å². The SMILES string of the molecule is CCOc1cc(/C=C2/C(=O)NC(=O)N(c3ccc(Cl)c(Cl)c3)C2=O)cc(I)c1OCC(=O)Nc1ccc(C)c(C)c1. The number of anilines is 2. The maximum absolute atomic E-state index is 13.3. The Morgan fingerprint density at radius 1 is 1.00 bits per heavy atom. The number of rotatable bonds is 8. The first-order valence-corrected chi connectivity index (χ1v) is 14.1. The summed E-state index contributed by atoms with van der Waals surface area (Å²) in [6, 6.07) is 12.2. The highest BCUT2D eigenvalue weighted by Gasteiger charge is 2.37. The zero-order valence-electron chi connectivity index (χ0n) is 22.1. The molecule has 0 aromatic heterocycles. The van der Waals surface area contributed by atoms with Gasteiger partial charge in [-0.3, -0.25) is 19.7 Å².